The van der Waals surface area contributed by atoms with E-state index in [-0.39, 0.29) is 6.04 Å². The van der Waals surface area contributed by atoms with E-state index in [1.807, 2.05) is 13.1 Å². The zero-order valence-corrected chi connectivity index (χ0v) is 12.9. The highest BCUT2D eigenvalue weighted by molar-refractivity contribution is 5.42. The van der Waals surface area contributed by atoms with Gasteiger partial charge in [-0.05, 0) is 50.6 Å². The van der Waals surface area contributed by atoms with Crippen LogP contribution >= 0.6 is 0 Å². The molecule has 0 aliphatic heterocycles. The standard InChI is InChI=1S/C18H23NO/c1-12-8-13(2)10-16(9-12)18(19-4)15-6-7-17(20-5)14(3)11-15/h6-11,18-19H,1-5H3. The van der Waals surface area contributed by atoms with Crippen molar-refractivity contribution in [2.75, 3.05) is 14.2 Å². The molecule has 0 bridgehead atoms. The number of hydrogen-bond acceptors (Lipinski definition) is 2. The van der Waals surface area contributed by atoms with Crippen LogP contribution in [0.3, 0.4) is 0 Å². The van der Waals surface area contributed by atoms with Gasteiger partial charge in [-0.15, -0.1) is 0 Å². The first-order chi connectivity index (χ1) is 9.55. The fourth-order valence-electron chi connectivity index (χ4n) is 2.78. The summed E-state index contributed by atoms with van der Waals surface area (Å²) in [6.45, 7) is 6.36. The molecule has 0 spiro atoms. The molecule has 1 atom stereocenters. The number of ether oxygens (including phenoxy) is 1. The minimum absolute atomic E-state index is 0.207. The number of nitrogens with one attached hydrogen (secondary N) is 1. The summed E-state index contributed by atoms with van der Waals surface area (Å²) in [6.07, 6.45) is 0. The Morgan fingerprint density at radius 2 is 1.55 bits per heavy atom. The zero-order chi connectivity index (χ0) is 14.7. The van der Waals surface area contributed by atoms with E-state index in [0.29, 0.717) is 0 Å². The molecule has 0 aliphatic carbocycles. The first-order valence-corrected chi connectivity index (χ1v) is 6.95. The quantitative estimate of drug-likeness (QED) is 0.908. The lowest BCUT2D eigenvalue weighted by Gasteiger charge is -2.20. The maximum atomic E-state index is 5.34. The molecule has 106 valence electrons. The number of hydrogen-bond donors (Lipinski definition) is 1. The van der Waals surface area contributed by atoms with Gasteiger partial charge in [0.05, 0.1) is 13.2 Å². The first kappa shape index (κ1) is 14.6. The van der Waals surface area contributed by atoms with Crippen molar-refractivity contribution < 1.29 is 4.74 Å². The highest BCUT2D eigenvalue weighted by Crippen LogP contribution is 2.27. The number of aryl methyl sites for hydroxylation is 3. The maximum Gasteiger partial charge on any atom is 0.121 e. The Labute approximate surface area is 121 Å². The van der Waals surface area contributed by atoms with Gasteiger partial charge in [-0.2, -0.15) is 0 Å². The Balaban J connectivity index is 2.44. The Morgan fingerprint density at radius 1 is 0.900 bits per heavy atom. The second-order valence-corrected chi connectivity index (χ2v) is 5.37. The molecule has 0 fully saturated rings. The topological polar surface area (TPSA) is 21.3 Å². The molecule has 2 nitrogen and oxygen atoms in total. The number of rotatable bonds is 4. The van der Waals surface area contributed by atoms with Crippen LogP contribution in [0.5, 0.6) is 5.75 Å². The third-order valence-corrected chi connectivity index (χ3v) is 3.62. The molecule has 0 aliphatic rings. The van der Waals surface area contributed by atoms with Crippen LogP contribution in [-0.2, 0) is 0 Å². The van der Waals surface area contributed by atoms with Crippen molar-refractivity contribution >= 4 is 0 Å². The van der Waals surface area contributed by atoms with E-state index in [2.05, 4.69) is 56.4 Å². The van der Waals surface area contributed by atoms with E-state index in [0.717, 1.165) is 11.3 Å². The Bertz CT molecular complexity index is 584. The highest BCUT2D eigenvalue weighted by Gasteiger charge is 2.14. The SMILES string of the molecule is CNC(c1cc(C)cc(C)c1)c1ccc(OC)c(C)c1. The van der Waals surface area contributed by atoms with Crippen LogP contribution in [0, 0.1) is 20.8 Å². The molecule has 0 aromatic heterocycles. The molecule has 1 unspecified atom stereocenters. The van der Waals surface area contributed by atoms with Gasteiger partial charge in [0.1, 0.15) is 5.75 Å². The third-order valence-electron chi connectivity index (χ3n) is 3.62. The molecular weight excluding hydrogens is 246 g/mol. The molecular formula is C18H23NO. The van der Waals surface area contributed by atoms with E-state index < -0.39 is 0 Å². The Hall–Kier alpha value is -1.80. The minimum atomic E-state index is 0.207. The Kier molecular flexibility index (Phi) is 4.46. The van der Waals surface area contributed by atoms with Crippen molar-refractivity contribution in [3.63, 3.8) is 0 Å². The van der Waals surface area contributed by atoms with Gasteiger partial charge >= 0.3 is 0 Å². The van der Waals surface area contributed by atoms with Crippen LogP contribution in [-0.4, -0.2) is 14.2 Å². The third kappa shape index (κ3) is 3.02. The molecule has 1 N–H and O–H groups in total. The van der Waals surface area contributed by atoms with E-state index >= 15 is 0 Å². The van der Waals surface area contributed by atoms with Crippen molar-refractivity contribution in [3.05, 3.63) is 64.2 Å². The van der Waals surface area contributed by atoms with Crippen molar-refractivity contribution in [1.29, 1.82) is 0 Å². The maximum absolute atomic E-state index is 5.34. The van der Waals surface area contributed by atoms with Crippen LogP contribution in [0.15, 0.2) is 36.4 Å². The summed E-state index contributed by atoms with van der Waals surface area (Å²) in [6, 6.07) is 13.3. The molecule has 2 aromatic carbocycles. The molecule has 0 saturated heterocycles. The molecule has 0 radical (unpaired) electrons. The second kappa shape index (κ2) is 6.10. The lowest BCUT2D eigenvalue weighted by molar-refractivity contribution is 0.411. The van der Waals surface area contributed by atoms with Crippen molar-refractivity contribution in [2.24, 2.45) is 0 Å². The molecule has 2 aromatic rings. The summed E-state index contributed by atoms with van der Waals surface area (Å²) in [5.41, 5.74) is 6.32. The summed E-state index contributed by atoms with van der Waals surface area (Å²) in [5.74, 6) is 0.934. The van der Waals surface area contributed by atoms with Gasteiger partial charge in [-0.3, -0.25) is 0 Å². The van der Waals surface area contributed by atoms with Crippen molar-refractivity contribution in [1.82, 2.24) is 5.32 Å². The predicted octanol–water partition coefficient (Wildman–Crippen LogP) is 3.93. The average molecular weight is 269 g/mol. The van der Waals surface area contributed by atoms with Crippen LogP contribution in [0.1, 0.15) is 33.9 Å². The largest absolute Gasteiger partial charge is 0.496 e. The fraction of sp³-hybridized carbons (Fsp3) is 0.333. The van der Waals surface area contributed by atoms with Gasteiger partial charge in [-0.25, -0.2) is 0 Å². The molecule has 0 saturated carbocycles. The first-order valence-electron chi connectivity index (χ1n) is 6.95. The van der Waals surface area contributed by atoms with E-state index in [4.69, 9.17) is 4.74 Å². The molecule has 0 heterocycles. The van der Waals surface area contributed by atoms with Crippen molar-refractivity contribution in [2.45, 2.75) is 26.8 Å². The monoisotopic (exact) mass is 269 g/mol. The lowest BCUT2D eigenvalue weighted by Crippen LogP contribution is -2.18. The number of benzene rings is 2. The predicted molar refractivity (Wildman–Crippen MR) is 84.5 cm³/mol. The van der Waals surface area contributed by atoms with Gasteiger partial charge in [0.15, 0.2) is 0 Å². The molecule has 2 heteroatoms. The summed E-state index contributed by atoms with van der Waals surface area (Å²) < 4.78 is 5.34. The van der Waals surface area contributed by atoms with E-state index in [9.17, 15) is 0 Å². The van der Waals surface area contributed by atoms with Crippen LogP contribution < -0.4 is 10.1 Å². The Morgan fingerprint density at radius 3 is 2.05 bits per heavy atom. The van der Waals surface area contributed by atoms with E-state index in [1.54, 1.807) is 7.11 Å². The van der Waals surface area contributed by atoms with Gasteiger partial charge < -0.3 is 10.1 Å². The summed E-state index contributed by atoms with van der Waals surface area (Å²) in [5, 5.41) is 3.41. The van der Waals surface area contributed by atoms with Crippen LogP contribution in [0.4, 0.5) is 0 Å². The summed E-state index contributed by atoms with van der Waals surface area (Å²) >= 11 is 0. The highest BCUT2D eigenvalue weighted by atomic mass is 16.5. The summed E-state index contributed by atoms with van der Waals surface area (Å²) in [7, 11) is 3.71. The number of methoxy groups -OCH3 is 1. The molecule has 2 rings (SSSR count). The normalized spacial score (nSPS) is 12.2. The van der Waals surface area contributed by atoms with Gasteiger partial charge in [-0.1, -0.05) is 41.5 Å². The minimum Gasteiger partial charge on any atom is -0.496 e. The van der Waals surface area contributed by atoms with Crippen LogP contribution in [0.2, 0.25) is 0 Å². The smallest absolute Gasteiger partial charge is 0.121 e. The van der Waals surface area contributed by atoms with Crippen molar-refractivity contribution in [3.8, 4) is 5.75 Å². The molecule has 0 amide bonds. The van der Waals surface area contributed by atoms with Gasteiger partial charge in [0.2, 0.25) is 0 Å². The lowest BCUT2D eigenvalue weighted by atomic mass is 9.94. The van der Waals surface area contributed by atoms with E-state index in [1.165, 1.54) is 22.3 Å². The summed E-state index contributed by atoms with van der Waals surface area (Å²) in [4.78, 5) is 0. The van der Waals surface area contributed by atoms with Crippen LogP contribution in [0.25, 0.3) is 0 Å². The van der Waals surface area contributed by atoms with Gasteiger partial charge in [0.25, 0.3) is 0 Å². The molecule has 20 heavy (non-hydrogen) atoms. The fourth-order valence-corrected chi connectivity index (χ4v) is 2.78. The average Bonchev–Trinajstić information content (AvgIpc) is 2.38. The zero-order valence-electron chi connectivity index (χ0n) is 12.9. The second-order valence-electron chi connectivity index (χ2n) is 5.37. The van der Waals surface area contributed by atoms with Gasteiger partial charge in [0, 0.05) is 0 Å².